The second kappa shape index (κ2) is 7.90. The lowest BCUT2D eigenvalue weighted by atomic mass is 10.0. The molecule has 3 rings (SSSR count). The van der Waals surface area contributed by atoms with Crippen LogP contribution in [-0.2, 0) is 20.0 Å². The third-order valence-corrected chi connectivity index (χ3v) is 8.22. The number of piperidine rings is 1. The van der Waals surface area contributed by atoms with Gasteiger partial charge in [0, 0.05) is 23.2 Å². The van der Waals surface area contributed by atoms with Crippen molar-refractivity contribution in [3.05, 3.63) is 53.0 Å². The van der Waals surface area contributed by atoms with Gasteiger partial charge in [-0.15, -0.1) is 0 Å². The molecule has 0 radical (unpaired) electrons. The Hall–Kier alpha value is -1.42. The molecule has 1 fully saturated rings. The van der Waals surface area contributed by atoms with Gasteiger partial charge in [-0.2, -0.15) is 4.31 Å². The fourth-order valence-electron chi connectivity index (χ4n) is 3.06. The number of nitrogens with zero attached hydrogens (tertiary/aromatic N) is 1. The van der Waals surface area contributed by atoms with Crippen molar-refractivity contribution >= 4 is 41.7 Å². The Morgan fingerprint density at radius 1 is 1.04 bits per heavy atom. The fraction of sp³-hybridized carbons (Fsp3) is 0.333. The number of hydrogen-bond acceptors (Lipinski definition) is 4. The van der Waals surface area contributed by atoms with Crippen LogP contribution in [0.25, 0.3) is 0 Å². The summed E-state index contributed by atoms with van der Waals surface area (Å²) in [6.45, 7) is 3.07. The fourth-order valence-corrected chi connectivity index (χ4v) is 6.31. The monoisotopic (exact) mass is 472 g/mol. The van der Waals surface area contributed by atoms with Gasteiger partial charge in [0.25, 0.3) is 10.0 Å². The summed E-state index contributed by atoms with van der Waals surface area (Å²) in [4.78, 5) is 0.290. The Balaban J connectivity index is 1.79. The van der Waals surface area contributed by atoms with Crippen molar-refractivity contribution in [3.63, 3.8) is 0 Å². The standard InChI is InChI=1S/C18H21BrN2O4S2/c1-14-4-3-11-21(13-14)27(24,25)17-9-7-16(8-10-17)20-26(22,23)18-6-2-5-15(19)12-18/h2,5-10,12,14,20H,3-4,11,13H2,1H3. The highest BCUT2D eigenvalue weighted by molar-refractivity contribution is 9.10. The minimum Gasteiger partial charge on any atom is -0.280 e. The second-order valence-corrected chi connectivity index (χ2v) is 11.2. The molecule has 0 aliphatic carbocycles. The first-order valence-corrected chi connectivity index (χ1v) is 12.3. The average Bonchev–Trinajstić information content (AvgIpc) is 2.62. The number of rotatable bonds is 5. The lowest BCUT2D eigenvalue weighted by Gasteiger charge is -2.30. The lowest BCUT2D eigenvalue weighted by molar-refractivity contribution is 0.281. The Labute approximate surface area is 168 Å². The predicted molar refractivity (Wildman–Crippen MR) is 109 cm³/mol. The summed E-state index contributed by atoms with van der Waals surface area (Å²) >= 11 is 3.25. The molecular formula is C18H21BrN2O4S2. The number of anilines is 1. The molecule has 1 N–H and O–H groups in total. The summed E-state index contributed by atoms with van der Waals surface area (Å²) in [7, 11) is -7.32. The van der Waals surface area contributed by atoms with Gasteiger partial charge in [0.2, 0.25) is 10.0 Å². The van der Waals surface area contributed by atoms with Gasteiger partial charge in [0.1, 0.15) is 0 Å². The minimum absolute atomic E-state index is 0.121. The largest absolute Gasteiger partial charge is 0.280 e. The maximum absolute atomic E-state index is 12.8. The van der Waals surface area contributed by atoms with E-state index in [1.54, 1.807) is 12.1 Å². The third kappa shape index (κ3) is 4.71. The maximum Gasteiger partial charge on any atom is 0.261 e. The van der Waals surface area contributed by atoms with E-state index in [-0.39, 0.29) is 9.79 Å². The molecule has 0 aromatic heterocycles. The van der Waals surface area contributed by atoms with Crippen LogP contribution in [0.2, 0.25) is 0 Å². The number of hydrogen-bond donors (Lipinski definition) is 1. The van der Waals surface area contributed by atoms with Gasteiger partial charge in [-0.1, -0.05) is 28.9 Å². The molecule has 146 valence electrons. The van der Waals surface area contributed by atoms with Crippen molar-refractivity contribution in [2.45, 2.75) is 29.6 Å². The molecule has 0 bridgehead atoms. The van der Waals surface area contributed by atoms with Crippen LogP contribution in [0.5, 0.6) is 0 Å². The van der Waals surface area contributed by atoms with E-state index in [1.807, 2.05) is 6.92 Å². The maximum atomic E-state index is 12.8. The third-order valence-electron chi connectivity index (χ3n) is 4.47. The number of benzene rings is 2. The van der Waals surface area contributed by atoms with E-state index in [0.717, 1.165) is 12.8 Å². The molecule has 0 spiro atoms. The summed E-state index contributed by atoms with van der Waals surface area (Å²) in [5, 5.41) is 0. The van der Waals surface area contributed by atoms with Crippen LogP contribution in [0.1, 0.15) is 19.8 Å². The van der Waals surface area contributed by atoms with Gasteiger partial charge < -0.3 is 0 Å². The van der Waals surface area contributed by atoms with Crippen LogP contribution in [0, 0.1) is 5.92 Å². The van der Waals surface area contributed by atoms with E-state index in [4.69, 9.17) is 0 Å². The molecule has 0 amide bonds. The SMILES string of the molecule is CC1CCCN(S(=O)(=O)c2ccc(NS(=O)(=O)c3cccc(Br)c3)cc2)C1. The van der Waals surface area contributed by atoms with E-state index in [0.29, 0.717) is 29.2 Å². The van der Waals surface area contributed by atoms with Gasteiger partial charge in [-0.25, -0.2) is 16.8 Å². The molecule has 1 unspecified atom stereocenters. The van der Waals surface area contributed by atoms with E-state index in [1.165, 1.54) is 40.7 Å². The summed E-state index contributed by atoms with van der Waals surface area (Å²) in [5.74, 6) is 0.338. The second-order valence-electron chi connectivity index (χ2n) is 6.70. The molecule has 1 aliphatic rings. The highest BCUT2D eigenvalue weighted by atomic mass is 79.9. The van der Waals surface area contributed by atoms with Gasteiger partial charge in [0.15, 0.2) is 0 Å². The highest BCUT2D eigenvalue weighted by Gasteiger charge is 2.28. The quantitative estimate of drug-likeness (QED) is 0.719. The smallest absolute Gasteiger partial charge is 0.261 e. The highest BCUT2D eigenvalue weighted by Crippen LogP contribution is 2.25. The number of nitrogens with one attached hydrogen (secondary N) is 1. The summed E-state index contributed by atoms with van der Waals surface area (Å²) < 4.78 is 55.1. The van der Waals surface area contributed by atoms with Crippen LogP contribution in [0.15, 0.2) is 62.8 Å². The summed E-state index contributed by atoms with van der Waals surface area (Å²) in [6.07, 6.45) is 1.88. The molecule has 9 heteroatoms. The van der Waals surface area contributed by atoms with Crippen LogP contribution >= 0.6 is 15.9 Å². The molecule has 1 atom stereocenters. The van der Waals surface area contributed by atoms with Crippen molar-refractivity contribution in [2.75, 3.05) is 17.8 Å². The summed E-state index contributed by atoms with van der Waals surface area (Å²) in [6, 6.07) is 12.2. The van der Waals surface area contributed by atoms with Crippen molar-refractivity contribution in [3.8, 4) is 0 Å². The van der Waals surface area contributed by atoms with Gasteiger partial charge in [0.05, 0.1) is 9.79 Å². The zero-order valence-electron chi connectivity index (χ0n) is 14.8. The van der Waals surface area contributed by atoms with Crippen molar-refractivity contribution in [2.24, 2.45) is 5.92 Å². The van der Waals surface area contributed by atoms with Crippen LogP contribution in [0.3, 0.4) is 0 Å². The topological polar surface area (TPSA) is 83.6 Å². The zero-order valence-corrected chi connectivity index (χ0v) is 18.0. The Morgan fingerprint density at radius 3 is 2.37 bits per heavy atom. The molecule has 6 nitrogen and oxygen atoms in total. The van der Waals surface area contributed by atoms with Crippen LogP contribution in [-0.4, -0.2) is 34.2 Å². The first-order valence-electron chi connectivity index (χ1n) is 8.57. The summed E-state index contributed by atoms with van der Waals surface area (Å²) in [5.41, 5.74) is 0.306. The molecular weight excluding hydrogens is 452 g/mol. The van der Waals surface area contributed by atoms with Gasteiger partial charge in [-0.3, -0.25) is 4.72 Å². The zero-order chi connectivity index (χ0) is 19.7. The van der Waals surface area contributed by atoms with Crippen molar-refractivity contribution in [1.82, 2.24) is 4.31 Å². The Kier molecular flexibility index (Phi) is 5.95. The normalized spacial score (nSPS) is 19.0. The van der Waals surface area contributed by atoms with E-state index < -0.39 is 20.0 Å². The predicted octanol–water partition coefficient (Wildman–Crippen LogP) is 3.67. The van der Waals surface area contributed by atoms with E-state index in [9.17, 15) is 16.8 Å². The molecule has 1 saturated heterocycles. The first-order chi connectivity index (χ1) is 12.7. The number of halogens is 1. The molecule has 0 saturated carbocycles. The lowest BCUT2D eigenvalue weighted by Crippen LogP contribution is -2.39. The molecule has 1 aliphatic heterocycles. The average molecular weight is 473 g/mol. The van der Waals surface area contributed by atoms with Crippen molar-refractivity contribution in [1.29, 1.82) is 0 Å². The Bertz CT molecular complexity index is 1020. The minimum atomic E-state index is -3.75. The molecule has 2 aromatic carbocycles. The van der Waals surface area contributed by atoms with Crippen LogP contribution in [0.4, 0.5) is 5.69 Å². The van der Waals surface area contributed by atoms with Crippen LogP contribution < -0.4 is 4.72 Å². The van der Waals surface area contributed by atoms with Crippen molar-refractivity contribution < 1.29 is 16.8 Å². The Morgan fingerprint density at radius 2 is 1.74 bits per heavy atom. The molecule has 27 heavy (non-hydrogen) atoms. The van der Waals surface area contributed by atoms with E-state index >= 15 is 0 Å². The van der Waals surface area contributed by atoms with Gasteiger partial charge in [-0.05, 0) is 61.2 Å². The van der Waals surface area contributed by atoms with Gasteiger partial charge >= 0.3 is 0 Å². The van der Waals surface area contributed by atoms with E-state index in [2.05, 4.69) is 20.7 Å². The molecule has 2 aromatic rings. The molecule has 1 heterocycles. The number of sulfonamides is 2. The first kappa shape index (κ1) is 20.3.